The molecule has 1 saturated heterocycles. The standard InChI is InChI=1S/C29H32FN7O/c1-35(2)17-25-20(18-8-10-36(3)29(38)12-18)5-7-27(34-25)33-24-6-4-21(22-14-31-15-23(22)24)26-16-32-28-13-19(30)9-11-37(26)28/h4-7,9,11,13,16,18,31H,8,10,12,14-15,17H2,1-3H3,(H,33,34)/t18-/m0/s1. The summed E-state index contributed by atoms with van der Waals surface area (Å²) in [4.78, 5) is 25.7. The van der Waals surface area contributed by atoms with Crippen molar-refractivity contribution in [1.29, 1.82) is 0 Å². The fourth-order valence-corrected chi connectivity index (χ4v) is 5.65. The summed E-state index contributed by atoms with van der Waals surface area (Å²) in [6.45, 7) is 2.98. The first-order valence-electron chi connectivity index (χ1n) is 13.0. The molecular formula is C29H32FN7O. The van der Waals surface area contributed by atoms with Gasteiger partial charge >= 0.3 is 0 Å². The fourth-order valence-electron chi connectivity index (χ4n) is 5.65. The topological polar surface area (TPSA) is 77.8 Å². The molecule has 0 radical (unpaired) electrons. The number of amides is 1. The molecule has 0 unspecified atom stereocenters. The number of hydrogen-bond acceptors (Lipinski definition) is 6. The largest absolute Gasteiger partial charge is 0.346 e. The minimum atomic E-state index is -0.296. The summed E-state index contributed by atoms with van der Waals surface area (Å²) >= 11 is 0. The molecule has 4 aromatic rings. The molecule has 0 saturated carbocycles. The molecule has 0 spiro atoms. The lowest BCUT2D eigenvalue weighted by atomic mass is 9.88. The molecule has 2 aliphatic heterocycles. The molecule has 2 N–H and O–H groups in total. The number of rotatable bonds is 6. The number of hydrogen-bond donors (Lipinski definition) is 2. The van der Waals surface area contributed by atoms with Crippen LogP contribution in [-0.2, 0) is 24.4 Å². The summed E-state index contributed by atoms with van der Waals surface area (Å²) in [5.41, 5.74) is 8.19. The summed E-state index contributed by atoms with van der Waals surface area (Å²) in [5.74, 6) is 0.882. The molecule has 1 fully saturated rings. The maximum atomic E-state index is 13.7. The van der Waals surface area contributed by atoms with E-state index in [2.05, 4.69) is 38.7 Å². The van der Waals surface area contributed by atoms with E-state index in [0.717, 1.165) is 60.1 Å². The number of nitrogens with one attached hydrogen (secondary N) is 2. The number of aromatic nitrogens is 3. The summed E-state index contributed by atoms with van der Waals surface area (Å²) in [5, 5.41) is 7.04. The Bertz CT molecular complexity index is 1530. The van der Waals surface area contributed by atoms with Crippen LogP contribution in [0.5, 0.6) is 0 Å². The third-order valence-corrected chi connectivity index (χ3v) is 7.62. The van der Waals surface area contributed by atoms with Crippen molar-refractivity contribution in [3.8, 4) is 11.3 Å². The van der Waals surface area contributed by atoms with E-state index < -0.39 is 0 Å². The molecule has 5 heterocycles. The molecule has 1 aromatic carbocycles. The maximum Gasteiger partial charge on any atom is 0.222 e. The normalized spacial score (nSPS) is 17.4. The van der Waals surface area contributed by atoms with Crippen LogP contribution in [0.3, 0.4) is 0 Å². The Balaban J connectivity index is 1.32. The van der Waals surface area contributed by atoms with Crippen LogP contribution in [0.1, 0.15) is 41.1 Å². The Morgan fingerprint density at radius 2 is 2.00 bits per heavy atom. The monoisotopic (exact) mass is 513 g/mol. The summed E-state index contributed by atoms with van der Waals surface area (Å²) in [6, 6.07) is 11.2. The van der Waals surface area contributed by atoms with Crippen LogP contribution in [0.25, 0.3) is 16.9 Å². The lowest BCUT2D eigenvalue weighted by molar-refractivity contribution is -0.132. The molecular weight excluding hydrogens is 481 g/mol. The zero-order chi connectivity index (χ0) is 26.4. The van der Waals surface area contributed by atoms with Gasteiger partial charge in [-0.15, -0.1) is 0 Å². The summed E-state index contributed by atoms with van der Waals surface area (Å²) < 4.78 is 15.6. The van der Waals surface area contributed by atoms with Gasteiger partial charge in [0.25, 0.3) is 0 Å². The third-order valence-electron chi connectivity index (χ3n) is 7.62. The molecule has 1 amide bonds. The minimum Gasteiger partial charge on any atom is -0.346 e. The van der Waals surface area contributed by atoms with Crippen molar-refractivity contribution in [2.24, 2.45) is 0 Å². The summed E-state index contributed by atoms with van der Waals surface area (Å²) in [6.07, 6.45) is 5.01. The van der Waals surface area contributed by atoms with Crippen molar-refractivity contribution in [2.75, 3.05) is 33.0 Å². The number of fused-ring (bicyclic) bond motifs is 2. The van der Waals surface area contributed by atoms with E-state index in [1.807, 2.05) is 36.5 Å². The third kappa shape index (κ3) is 4.52. The van der Waals surface area contributed by atoms with Gasteiger partial charge in [-0.3, -0.25) is 9.20 Å². The molecule has 2 aliphatic rings. The zero-order valence-electron chi connectivity index (χ0n) is 22.0. The van der Waals surface area contributed by atoms with Crippen LogP contribution in [-0.4, -0.2) is 57.8 Å². The van der Waals surface area contributed by atoms with Gasteiger partial charge in [0, 0.05) is 63.2 Å². The van der Waals surface area contributed by atoms with Gasteiger partial charge in [-0.25, -0.2) is 14.4 Å². The van der Waals surface area contributed by atoms with E-state index in [0.29, 0.717) is 18.6 Å². The van der Waals surface area contributed by atoms with Gasteiger partial charge in [-0.05, 0) is 61.3 Å². The average molecular weight is 514 g/mol. The number of anilines is 2. The van der Waals surface area contributed by atoms with Crippen LogP contribution >= 0.6 is 0 Å². The second-order valence-electron chi connectivity index (χ2n) is 10.5. The number of likely N-dealkylation sites (tertiary alicyclic amines) is 1. The van der Waals surface area contributed by atoms with Gasteiger partial charge in [-0.1, -0.05) is 12.1 Å². The van der Waals surface area contributed by atoms with Crippen LogP contribution in [0.15, 0.2) is 48.8 Å². The number of benzene rings is 1. The van der Waals surface area contributed by atoms with E-state index in [1.165, 1.54) is 23.3 Å². The first-order chi connectivity index (χ1) is 18.4. The van der Waals surface area contributed by atoms with Crippen LogP contribution in [0.4, 0.5) is 15.9 Å². The number of pyridine rings is 2. The van der Waals surface area contributed by atoms with Crippen molar-refractivity contribution in [1.82, 2.24) is 29.5 Å². The van der Waals surface area contributed by atoms with Crippen molar-refractivity contribution >= 4 is 23.1 Å². The van der Waals surface area contributed by atoms with Crippen molar-refractivity contribution in [2.45, 2.75) is 38.4 Å². The van der Waals surface area contributed by atoms with Gasteiger partial charge in [-0.2, -0.15) is 0 Å². The SMILES string of the molecule is CN(C)Cc1nc(Nc2ccc(-c3cnc4cc(F)ccn34)c3c2CNC3)ccc1[C@H]1CCN(C)C(=O)C1. The summed E-state index contributed by atoms with van der Waals surface area (Å²) in [7, 11) is 5.95. The quantitative estimate of drug-likeness (QED) is 0.401. The van der Waals surface area contributed by atoms with Crippen LogP contribution < -0.4 is 10.6 Å². The molecule has 1 atom stereocenters. The van der Waals surface area contributed by atoms with Crippen molar-refractivity contribution < 1.29 is 9.18 Å². The highest BCUT2D eigenvalue weighted by Crippen LogP contribution is 2.36. The molecule has 0 aliphatic carbocycles. The number of halogens is 1. The molecule has 8 nitrogen and oxygen atoms in total. The van der Waals surface area contributed by atoms with E-state index in [-0.39, 0.29) is 17.6 Å². The lowest BCUT2D eigenvalue weighted by Crippen LogP contribution is -2.35. The highest BCUT2D eigenvalue weighted by molar-refractivity contribution is 5.78. The van der Waals surface area contributed by atoms with Gasteiger partial charge in [0.1, 0.15) is 17.3 Å². The first-order valence-corrected chi connectivity index (χ1v) is 13.0. The van der Waals surface area contributed by atoms with Crippen LogP contribution in [0, 0.1) is 5.82 Å². The van der Waals surface area contributed by atoms with E-state index in [1.54, 1.807) is 12.4 Å². The predicted octanol–water partition coefficient (Wildman–Crippen LogP) is 4.28. The zero-order valence-corrected chi connectivity index (χ0v) is 22.0. The smallest absolute Gasteiger partial charge is 0.222 e. The number of imidazole rings is 1. The second-order valence-corrected chi connectivity index (χ2v) is 10.5. The Morgan fingerprint density at radius 1 is 1.16 bits per heavy atom. The molecule has 3 aromatic heterocycles. The van der Waals surface area contributed by atoms with Crippen molar-refractivity contribution in [3.05, 3.63) is 77.0 Å². The van der Waals surface area contributed by atoms with Gasteiger partial charge in [0.05, 0.1) is 17.6 Å². The highest BCUT2D eigenvalue weighted by atomic mass is 19.1. The fraction of sp³-hybridized carbons (Fsp3) is 0.345. The molecule has 6 rings (SSSR count). The Morgan fingerprint density at radius 3 is 2.82 bits per heavy atom. The van der Waals surface area contributed by atoms with E-state index in [9.17, 15) is 9.18 Å². The molecule has 38 heavy (non-hydrogen) atoms. The average Bonchev–Trinajstić information content (AvgIpc) is 3.54. The number of nitrogens with zero attached hydrogens (tertiary/aromatic N) is 5. The van der Waals surface area contributed by atoms with Crippen molar-refractivity contribution in [3.63, 3.8) is 0 Å². The predicted molar refractivity (Wildman–Crippen MR) is 146 cm³/mol. The Kier molecular flexibility index (Phi) is 6.33. The molecule has 0 bridgehead atoms. The number of piperidine rings is 1. The number of carbonyl (C=O) groups is 1. The lowest BCUT2D eigenvalue weighted by Gasteiger charge is -2.30. The van der Waals surface area contributed by atoms with Gasteiger partial charge < -0.3 is 20.4 Å². The molecule has 9 heteroatoms. The van der Waals surface area contributed by atoms with Crippen LogP contribution in [0.2, 0.25) is 0 Å². The van der Waals surface area contributed by atoms with E-state index in [4.69, 9.17) is 4.98 Å². The second kappa shape index (κ2) is 9.81. The Hall–Kier alpha value is -3.82. The minimum absolute atomic E-state index is 0.193. The van der Waals surface area contributed by atoms with Gasteiger partial charge in [0.2, 0.25) is 5.91 Å². The molecule has 196 valence electrons. The highest BCUT2D eigenvalue weighted by Gasteiger charge is 2.27. The first kappa shape index (κ1) is 24.5. The number of carbonyl (C=O) groups excluding carboxylic acids is 1. The van der Waals surface area contributed by atoms with Gasteiger partial charge in [0.15, 0.2) is 0 Å². The maximum absolute atomic E-state index is 13.7. The van der Waals surface area contributed by atoms with E-state index >= 15 is 0 Å². The Labute approximate surface area is 221 Å².